The number of nitrogens with zero attached hydrogens (tertiary/aromatic N) is 5. The maximum atomic E-state index is 4.08. The minimum absolute atomic E-state index is 0. The molecule has 0 spiro atoms. The summed E-state index contributed by atoms with van der Waals surface area (Å²) in [6.45, 7) is 0. The van der Waals surface area contributed by atoms with Crippen LogP contribution >= 0.6 is 0 Å². The van der Waals surface area contributed by atoms with Gasteiger partial charge in [0.25, 0.3) is 0 Å². The van der Waals surface area contributed by atoms with Crippen LogP contribution in [0.3, 0.4) is 0 Å². The number of para-hydroxylation sites is 1. The van der Waals surface area contributed by atoms with E-state index in [9.17, 15) is 0 Å². The quantitative estimate of drug-likeness (QED) is 0.692. The van der Waals surface area contributed by atoms with Crippen molar-refractivity contribution in [2.24, 2.45) is 0 Å². The van der Waals surface area contributed by atoms with Crippen LogP contribution in [0.1, 0.15) is 0 Å². The van der Waals surface area contributed by atoms with Crippen LogP contribution in [0.4, 0.5) is 11.6 Å². The van der Waals surface area contributed by atoms with Gasteiger partial charge in [0.05, 0.1) is 0 Å². The summed E-state index contributed by atoms with van der Waals surface area (Å²) < 4.78 is 0. The summed E-state index contributed by atoms with van der Waals surface area (Å²) in [7, 11) is 1.92. The number of benzene rings is 1. The van der Waals surface area contributed by atoms with Crippen LogP contribution in [0, 0.1) is 0 Å². The van der Waals surface area contributed by atoms with Crippen molar-refractivity contribution in [1.29, 1.82) is 0 Å². The Hall–Kier alpha value is -1.72. The Bertz CT molecular complexity index is 474. The standard InChI is InChI=1S/C11H9BN5.Ir/c1-2-4-10(5-3-1)16-6-7-17(12-16)11-14-8-13-9-15-11;/h1-9H;. The van der Waals surface area contributed by atoms with Gasteiger partial charge >= 0.3 is 7.55 Å². The van der Waals surface area contributed by atoms with Gasteiger partial charge < -0.3 is 9.62 Å². The molecule has 0 saturated heterocycles. The van der Waals surface area contributed by atoms with E-state index in [0.29, 0.717) is 5.95 Å². The molecule has 90 valence electrons. The SMILES string of the molecule is [B]1N(c2ccccc2)C=CN1c1ncncn1.[Ir]. The molecule has 1 aromatic carbocycles. The Morgan fingerprint density at radius 2 is 1.56 bits per heavy atom. The van der Waals surface area contributed by atoms with Gasteiger partial charge in [-0.15, -0.1) is 0 Å². The molecule has 3 rings (SSSR count). The third-order valence-corrected chi connectivity index (χ3v) is 2.40. The molecule has 7 heteroatoms. The van der Waals surface area contributed by atoms with E-state index in [1.54, 1.807) is 0 Å². The summed E-state index contributed by atoms with van der Waals surface area (Å²) in [4.78, 5) is 15.8. The zero-order valence-corrected chi connectivity index (χ0v) is 11.7. The van der Waals surface area contributed by atoms with Crippen LogP contribution in [-0.4, -0.2) is 22.5 Å². The van der Waals surface area contributed by atoms with Gasteiger partial charge in [-0.1, -0.05) is 18.2 Å². The summed E-state index contributed by atoms with van der Waals surface area (Å²) >= 11 is 0. The smallest absolute Gasteiger partial charge is 0.373 e. The second kappa shape index (κ2) is 5.75. The van der Waals surface area contributed by atoms with E-state index in [-0.39, 0.29) is 20.1 Å². The fraction of sp³-hybridized carbons (Fsp3) is 0. The Labute approximate surface area is 119 Å². The van der Waals surface area contributed by atoms with Gasteiger partial charge in [-0.2, -0.15) is 0 Å². The average molecular weight is 414 g/mol. The molecule has 5 nitrogen and oxygen atoms in total. The second-order valence-corrected chi connectivity index (χ2v) is 3.50. The topological polar surface area (TPSA) is 45.2 Å². The third kappa shape index (κ3) is 2.58. The maximum Gasteiger partial charge on any atom is 0.403 e. The summed E-state index contributed by atoms with van der Waals surface area (Å²) in [6, 6.07) is 10.1. The third-order valence-electron chi connectivity index (χ3n) is 2.40. The van der Waals surface area contributed by atoms with E-state index in [1.807, 2.05) is 59.9 Å². The van der Waals surface area contributed by atoms with E-state index in [2.05, 4.69) is 15.0 Å². The van der Waals surface area contributed by atoms with Crippen LogP contribution < -0.4 is 9.62 Å². The summed E-state index contributed by atoms with van der Waals surface area (Å²) in [5, 5.41) is 0. The van der Waals surface area contributed by atoms with E-state index in [4.69, 9.17) is 0 Å². The number of anilines is 2. The fourth-order valence-electron chi connectivity index (χ4n) is 1.59. The molecule has 2 radical (unpaired) electrons. The maximum absolute atomic E-state index is 4.08. The first kappa shape index (κ1) is 12.7. The van der Waals surface area contributed by atoms with Crippen molar-refractivity contribution in [1.82, 2.24) is 15.0 Å². The van der Waals surface area contributed by atoms with Crippen LogP contribution in [0.2, 0.25) is 0 Å². The van der Waals surface area contributed by atoms with E-state index in [0.717, 1.165) is 5.69 Å². The summed E-state index contributed by atoms with van der Waals surface area (Å²) in [6.07, 6.45) is 6.83. The Kier molecular flexibility index (Phi) is 4.07. The number of hydrogen-bond donors (Lipinski definition) is 0. The van der Waals surface area contributed by atoms with E-state index >= 15 is 0 Å². The molecule has 2 aromatic rings. The molecule has 0 fully saturated rings. The minimum atomic E-state index is 0. The first-order valence-electron chi connectivity index (χ1n) is 5.20. The fourth-order valence-corrected chi connectivity index (χ4v) is 1.59. The molecule has 0 bridgehead atoms. The molecule has 1 aliphatic rings. The predicted molar refractivity (Wildman–Crippen MR) is 66.1 cm³/mol. The molecule has 1 aliphatic heterocycles. The molecule has 0 unspecified atom stereocenters. The van der Waals surface area contributed by atoms with Gasteiger partial charge in [0.2, 0.25) is 5.95 Å². The van der Waals surface area contributed by atoms with Crippen molar-refractivity contribution in [3.05, 3.63) is 55.4 Å². The zero-order chi connectivity index (χ0) is 11.5. The monoisotopic (exact) mass is 415 g/mol. The first-order chi connectivity index (χ1) is 8.43. The molecular weight excluding hydrogens is 405 g/mol. The first-order valence-corrected chi connectivity index (χ1v) is 5.20. The molecule has 18 heavy (non-hydrogen) atoms. The summed E-state index contributed by atoms with van der Waals surface area (Å²) in [5.41, 5.74) is 1.10. The average Bonchev–Trinajstić information content (AvgIpc) is 2.90. The van der Waals surface area contributed by atoms with E-state index < -0.39 is 0 Å². The van der Waals surface area contributed by atoms with Gasteiger partial charge in [-0.25, -0.2) is 15.0 Å². The van der Waals surface area contributed by atoms with Gasteiger partial charge in [0, 0.05) is 38.2 Å². The number of aromatic nitrogens is 3. The molecule has 1 aromatic heterocycles. The van der Waals surface area contributed by atoms with Crippen molar-refractivity contribution in [2.45, 2.75) is 0 Å². The molecule has 0 atom stereocenters. The minimum Gasteiger partial charge on any atom is -0.373 e. The van der Waals surface area contributed by atoms with Crippen LogP contribution in [0.5, 0.6) is 0 Å². The Morgan fingerprint density at radius 3 is 2.28 bits per heavy atom. The van der Waals surface area contributed by atoms with Gasteiger partial charge in [-0.05, 0) is 12.1 Å². The van der Waals surface area contributed by atoms with Crippen LogP contribution in [0.15, 0.2) is 55.4 Å². The van der Waals surface area contributed by atoms with Crippen molar-refractivity contribution in [3.8, 4) is 0 Å². The molecule has 0 saturated carbocycles. The molecule has 0 aliphatic carbocycles. The molecule has 2 heterocycles. The largest absolute Gasteiger partial charge is 0.403 e. The van der Waals surface area contributed by atoms with Crippen molar-refractivity contribution >= 4 is 19.2 Å². The van der Waals surface area contributed by atoms with Gasteiger partial charge in [0.1, 0.15) is 12.7 Å². The van der Waals surface area contributed by atoms with Gasteiger partial charge in [-0.3, -0.25) is 0 Å². The predicted octanol–water partition coefficient (Wildman–Crippen LogP) is 1.20. The Balaban J connectivity index is 0.00000120. The van der Waals surface area contributed by atoms with Crippen molar-refractivity contribution in [3.63, 3.8) is 0 Å². The van der Waals surface area contributed by atoms with E-state index in [1.165, 1.54) is 12.7 Å². The number of hydrogen-bond acceptors (Lipinski definition) is 5. The van der Waals surface area contributed by atoms with Crippen LogP contribution in [0.25, 0.3) is 0 Å². The normalized spacial score (nSPS) is 13.1. The zero-order valence-electron chi connectivity index (χ0n) is 9.34. The molecule has 0 N–H and O–H groups in total. The van der Waals surface area contributed by atoms with Crippen molar-refractivity contribution < 1.29 is 20.1 Å². The molecular formula is C11H9BIrN5. The second-order valence-electron chi connectivity index (χ2n) is 3.50. The summed E-state index contributed by atoms with van der Waals surface area (Å²) in [5.74, 6) is 0.606. The Morgan fingerprint density at radius 1 is 0.889 bits per heavy atom. The van der Waals surface area contributed by atoms with Gasteiger partial charge in [0.15, 0.2) is 0 Å². The van der Waals surface area contributed by atoms with Crippen molar-refractivity contribution in [2.75, 3.05) is 9.62 Å². The van der Waals surface area contributed by atoms with Crippen LogP contribution in [-0.2, 0) is 20.1 Å². The molecule has 0 amide bonds. The number of rotatable bonds is 2.